The molecule has 5 fully saturated rings. The van der Waals surface area contributed by atoms with Crippen LogP contribution >= 0.6 is 31.9 Å². The van der Waals surface area contributed by atoms with Crippen LogP contribution in [0.4, 0.5) is 0 Å². The van der Waals surface area contributed by atoms with Crippen LogP contribution in [0, 0.1) is 56.7 Å². The SMILES string of the molecule is C=C(C)[C@@H]1CC[C@]2(COC(=O)CCCCBr)CC[C@]3(C)[C@H](CC[C@@H]4[C@@]5(C)CC[C@H](OC(=O)CCCCBr)C(C)(C)[C@@H]5CC[C@]43C)[C@@H]12. The summed E-state index contributed by atoms with van der Waals surface area (Å²) >= 11 is 6.98. The minimum absolute atomic E-state index is 0.00442. The molecule has 5 saturated carbocycles. The van der Waals surface area contributed by atoms with Gasteiger partial charge >= 0.3 is 11.9 Å². The number of esters is 2. The predicted molar refractivity (Wildman–Crippen MR) is 195 cm³/mol. The van der Waals surface area contributed by atoms with Gasteiger partial charge in [-0.25, -0.2) is 0 Å². The fourth-order valence-corrected chi connectivity index (χ4v) is 13.8. The van der Waals surface area contributed by atoms with Crippen molar-refractivity contribution in [3.8, 4) is 0 Å². The molecule has 0 aromatic rings. The fourth-order valence-electron chi connectivity index (χ4n) is 13.0. The van der Waals surface area contributed by atoms with E-state index in [2.05, 4.69) is 80.0 Å². The molecule has 0 radical (unpaired) electrons. The van der Waals surface area contributed by atoms with Crippen molar-refractivity contribution in [3.63, 3.8) is 0 Å². The van der Waals surface area contributed by atoms with E-state index in [4.69, 9.17) is 9.47 Å². The predicted octanol–water partition coefficient (Wildman–Crippen LogP) is 11.2. The number of fused-ring (bicyclic) bond motifs is 7. The van der Waals surface area contributed by atoms with Gasteiger partial charge in [0.2, 0.25) is 0 Å². The second-order valence-corrected chi connectivity index (χ2v) is 19.4. The maximum absolute atomic E-state index is 12.9. The van der Waals surface area contributed by atoms with Crippen LogP contribution in [0.2, 0.25) is 0 Å². The first kappa shape index (κ1) is 36.9. The lowest BCUT2D eigenvalue weighted by atomic mass is 9.32. The molecule has 0 aromatic carbocycles. The summed E-state index contributed by atoms with van der Waals surface area (Å²) in [6, 6.07) is 0. The molecule has 10 atom stereocenters. The zero-order chi connectivity index (χ0) is 33.5. The largest absolute Gasteiger partial charge is 0.465 e. The van der Waals surface area contributed by atoms with Gasteiger partial charge < -0.3 is 9.47 Å². The molecule has 0 amide bonds. The number of carbonyl (C=O) groups is 2. The summed E-state index contributed by atoms with van der Waals surface area (Å²) in [5.74, 6) is 2.96. The van der Waals surface area contributed by atoms with Gasteiger partial charge in [-0.3, -0.25) is 9.59 Å². The normalized spacial score (nSPS) is 42.6. The standard InChI is InChI=1S/C40H64Br2O4/c1-27(2)28-16-21-40(26-45-33(43)12-8-10-24-41)23-22-38(6)29(35(28)40)14-15-31-37(5)19-18-32(46-34(44)13-9-11-25-42)36(3,4)30(37)17-20-39(31,38)7/h28-32,35H,1,8-26H2,2-7H3/t28-,29+,30-,31+,32-,35+,37-,38+,39+,40+/m0/s1. The Bertz CT molecular complexity index is 1140. The molecule has 262 valence electrons. The van der Waals surface area contributed by atoms with E-state index in [9.17, 15) is 9.59 Å². The highest BCUT2D eigenvalue weighted by Crippen LogP contribution is 2.77. The van der Waals surface area contributed by atoms with Crippen molar-refractivity contribution in [1.82, 2.24) is 0 Å². The van der Waals surface area contributed by atoms with E-state index in [1.807, 2.05) is 0 Å². The number of hydrogen-bond donors (Lipinski definition) is 0. The van der Waals surface area contributed by atoms with Gasteiger partial charge in [0.1, 0.15) is 6.10 Å². The highest BCUT2D eigenvalue weighted by molar-refractivity contribution is 9.09. The van der Waals surface area contributed by atoms with Crippen LogP contribution in [0.1, 0.15) is 144 Å². The van der Waals surface area contributed by atoms with Gasteiger partial charge in [-0.1, -0.05) is 78.6 Å². The summed E-state index contributed by atoms with van der Waals surface area (Å²) in [5, 5.41) is 1.88. The third-order valence-electron chi connectivity index (χ3n) is 15.5. The zero-order valence-corrected chi connectivity index (χ0v) is 33.2. The van der Waals surface area contributed by atoms with Crippen molar-refractivity contribution in [1.29, 1.82) is 0 Å². The van der Waals surface area contributed by atoms with Gasteiger partial charge in [-0.2, -0.15) is 0 Å². The van der Waals surface area contributed by atoms with Gasteiger partial charge in [0.25, 0.3) is 0 Å². The van der Waals surface area contributed by atoms with E-state index in [1.165, 1.54) is 56.9 Å². The van der Waals surface area contributed by atoms with Crippen molar-refractivity contribution < 1.29 is 19.1 Å². The minimum atomic E-state index is -0.0201. The molecule has 0 bridgehead atoms. The Morgan fingerprint density at radius 2 is 1.41 bits per heavy atom. The second kappa shape index (κ2) is 14.1. The number of halogens is 2. The van der Waals surface area contributed by atoms with Crippen molar-refractivity contribution in [2.45, 2.75) is 150 Å². The Kier molecular flexibility index (Phi) is 11.3. The molecule has 0 heterocycles. The number of alkyl halides is 2. The summed E-state index contributed by atoms with van der Waals surface area (Å²) in [6.45, 7) is 20.2. The molecule has 6 heteroatoms. The average molecular weight is 769 g/mol. The zero-order valence-electron chi connectivity index (χ0n) is 30.0. The first-order valence-corrected chi connectivity index (χ1v) is 21.1. The Labute approximate surface area is 298 Å². The van der Waals surface area contributed by atoms with Crippen LogP contribution in [0.3, 0.4) is 0 Å². The van der Waals surface area contributed by atoms with Crippen LogP contribution in [-0.4, -0.2) is 35.3 Å². The molecule has 5 aliphatic carbocycles. The molecule has 0 spiro atoms. The van der Waals surface area contributed by atoms with E-state index in [0.717, 1.165) is 49.2 Å². The maximum atomic E-state index is 12.9. The molecular weight excluding hydrogens is 704 g/mol. The minimum Gasteiger partial charge on any atom is -0.465 e. The summed E-state index contributed by atoms with van der Waals surface area (Å²) < 4.78 is 12.4. The Morgan fingerprint density at radius 1 is 0.739 bits per heavy atom. The summed E-state index contributed by atoms with van der Waals surface area (Å²) in [4.78, 5) is 25.7. The second-order valence-electron chi connectivity index (χ2n) is 17.8. The third kappa shape index (κ3) is 6.25. The molecule has 0 N–H and O–H groups in total. The first-order chi connectivity index (χ1) is 21.7. The van der Waals surface area contributed by atoms with Crippen LogP contribution in [0.5, 0.6) is 0 Å². The number of carbonyl (C=O) groups excluding carboxylic acids is 2. The van der Waals surface area contributed by atoms with Gasteiger partial charge in [0.15, 0.2) is 0 Å². The molecule has 4 nitrogen and oxygen atoms in total. The van der Waals surface area contributed by atoms with Crippen LogP contribution in [0.15, 0.2) is 12.2 Å². The molecule has 5 aliphatic rings. The van der Waals surface area contributed by atoms with Crippen LogP contribution < -0.4 is 0 Å². The molecule has 46 heavy (non-hydrogen) atoms. The number of unbranched alkanes of at least 4 members (excludes halogenated alkanes) is 2. The summed E-state index contributed by atoms with van der Waals surface area (Å²) in [5.41, 5.74) is 2.21. The van der Waals surface area contributed by atoms with Crippen LogP contribution in [0.25, 0.3) is 0 Å². The lowest BCUT2D eigenvalue weighted by Crippen LogP contribution is -2.67. The maximum Gasteiger partial charge on any atom is 0.306 e. The highest BCUT2D eigenvalue weighted by atomic mass is 79.9. The first-order valence-electron chi connectivity index (χ1n) is 18.8. The number of hydrogen-bond acceptors (Lipinski definition) is 4. The molecule has 0 aromatic heterocycles. The van der Waals surface area contributed by atoms with Gasteiger partial charge in [0.05, 0.1) is 6.61 Å². The number of rotatable bonds is 12. The van der Waals surface area contributed by atoms with Crippen molar-refractivity contribution in [2.75, 3.05) is 17.3 Å². The van der Waals surface area contributed by atoms with E-state index in [1.54, 1.807) is 0 Å². The van der Waals surface area contributed by atoms with E-state index in [0.29, 0.717) is 49.0 Å². The highest BCUT2D eigenvalue weighted by Gasteiger charge is 2.71. The van der Waals surface area contributed by atoms with Gasteiger partial charge in [-0.15, -0.1) is 0 Å². The number of ether oxygens (including phenoxy) is 2. The molecule has 0 saturated heterocycles. The van der Waals surface area contributed by atoms with E-state index in [-0.39, 0.29) is 45.1 Å². The van der Waals surface area contributed by atoms with Crippen LogP contribution in [-0.2, 0) is 19.1 Å². The molecule has 0 aliphatic heterocycles. The fraction of sp³-hybridized carbons (Fsp3) is 0.900. The molecule has 5 rings (SSSR count). The topological polar surface area (TPSA) is 52.6 Å². The molecule has 0 unspecified atom stereocenters. The Balaban J connectivity index is 1.37. The molecular formula is C40H64Br2O4. The Hall–Kier alpha value is -0.360. The lowest BCUT2D eigenvalue weighted by Gasteiger charge is -2.73. The van der Waals surface area contributed by atoms with Crippen molar-refractivity contribution >= 4 is 43.8 Å². The summed E-state index contributed by atoms with van der Waals surface area (Å²) in [6.07, 6.45) is 16.9. The monoisotopic (exact) mass is 766 g/mol. The van der Waals surface area contributed by atoms with Gasteiger partial charge in [0, 0.05) is 34.3 Å². The number of allylic oxidation sites excluding steroid dienone is 1. The lowest BCUT2D eigenvalue weighted by molar-refractivity contribution is -0.252. The Morgan fingerprint density at radius 3 is 2.07 bits per heavy atom. The quantitative estimate of drug-likeness (QED) is 0.0859. The third-order valence-corrected chi connectivity index (χ3v) is 16.6. The average Bonchev–Trinajstić information content (AvgIpc) is 3.38. The summed E-state index contributed by atoms with van der Waals surface area (Å²) in [7, 11) is 0. The van der Waals surface area contributed by atoms with E-state index < -0.39 is 0 Å². The van der Waals surface area contributed by atoms with Gasteiger partial charge in [-0.05, 0) is 143 Å². The van der Waals surface area contributed by atoms with E-state index >= 15 is 0 Å². The van der Waals surface area contributed by atoms with Crippen molar-refractivity contribution in [2.24, 2.45) is 56.7 Å². The van der Waals surface area contributed by atoms with Crippen molar-refractivity contribution in [3.05, 3.63) is 12.2 Å². The smallest absolute Gasteiger partial charge is 0.306 e.